The number of nitrogens with one attached hydrogen (secondary N) is 1. The van der Waals surface area contributed by atoms with E-state index in [1.165, 1.54) is 24.5 Å². The van der Waals surface area contributed by atoms with Gasteiger partial charge >= 0.3 is 0 Å². The Bertz CT molecular complexity index is 581. The second kappa shape index (κ2) is 5.94. The molecule has 104 valence electrons. The molecule has 3 rings (SSSR count). The molecule has 0 heterocycles. The topological polar surface area (TPSA) is 12.0 Å². The van der Waals surface area contributed by atoms with Gasteiger partial charge in [-0.25, -0.2) is 4.39 Å². The van der Waals surface area contributed by atoms with E-state index in [0.29, 0.717) is 18.5 Å². The van der Waals surface area contributed by atoms with Gasteiger partial charge in [-0.15, -0.1) is 0 Å². The number of halogens is 2. The summed E-state index contributed by atoms with van der Waals surface area (Å²) in [5.41, 5.74) is 2.33. The van der Waals surface area contributed by atoms with Crippen molar-refractivity contribution < 1.29 is 4.39 Å². The fourth-order valence-electron chi connectivity index (χ4n) is 2.52. The summed E-state index contributed by atoms with van der Waals surface area (Å²) in [6, 6.07) is 15.8. The van der Waals surface area contributed by atoms with Crippen molar-refractivity contribution >= 4 is 11.6 Å². The van der Waals surface area contributed by atoms with Crippen molar-refractivity contribution in [1.29, 1.82) is 0 Å². The summed E-state index contributed by atoms with van der Waals surface area (Å²) in [4.78, 5) is 0. The van der Waals surface area contributed by atoms with Crippen molar-refractivity contribution in [2.24, 2.45) is 5.92 Å². The van der Waals surface area contributed by atoms with Gasteiger partial charge in [-0.05, 0) is 42.0 Å². The third kappa shape index (κ3) is 3.20. The van der Waals surface area contributed by atoms with E-state index in [1.807, 2.05) is 6.07 Å². The summed E-state index contributed by atoms with van der Waals surface area (Å²) in [6.45, 7) is 0.704. The molecular weight excluding hydrogens is 273 g/mol. The van der Waals surface area contributed by atoms with Crippen LogP contribution in [0.3, 0.4) is 0 Å². The molecule has 2 aromatic carbocycles. The third-order valence-electron chi connectivity index (χ3n) is 3.76. The highest BCUT2D eigenvalue weighted by Gasteiger charge is 2.31. The molecule has 3 heteroatoms. The molecule has 1 atom stereocenters. The highest BCUT2D eigenvalue weighted by molar-refractivity contribution is 6.30. The Hall–Kier alpha value is -1.38. The summed E-state index contributed by atoms with van der Waals surface area (Å²) in [5, 5.41) is 3.77. The average molecular weight is 290 g/mol. The van der Waals surface area contributed by atoms with Crippen LogP contribution in [0.5, 0.6) is 0 Å². The zero-order valence-electron chi connectivity index (χ0n) is 11.2. The van der Waals surface area contributed by atoms with Gasteiger partial charge in [0, 0.05) is 12.6 Å². The first kappa shape index (κ1) is 13.6. The molecule has 0 saturated heterocycles. The second-order valence-corrected chi connectivity index (χ2v) is 5.76. The normalized spacial score (nSPS) is 16.1. The van der Waals surface area contributed by atoms with Crippen LogP contribution in [-0.2, 0) is 6.54 Å². The van der Waals surface area contributed by atoms with E-state index in [4.69, 9.17) is 11.6 Å². The Morgan fingerprint density at radius 3 is 2.55 bits per heavy atom. The van der Waals surface area contributed by atoms with E-state index < -0.39 is 0 Å². The highest BCUT2D eigenvalue weighted by Crippen LogP contribution is 2.41. The SMILES string of the molecule is Fc1ccc(CNC(c2ccccc2)C2CC2)cc1Cl. The standard InChI is InChI=1S/C17H17ClFN/c18-15-10-12(6-9-16(15)19)11-20-17(14-7-8-14)13-4-2-1-3-5-13/h1-6,9-10,14,17,20H,7-8,11H2. The summed E-state index contributed by atoms with van der Waals surface area (Å²) in [6.07, 6.45) is 2.55. The molecule has 1 aliphatic carbocycles. The van der Waals surface area contributed by atoms with Crippen LogP contribution in [0.1, 0.15) is 30.0 Å². The fraction of sp³-hybridized carbons (Fsp3) is 0.294. The quantitative estimate of drug-likeness (QED) is 0.840. The van der Waals surface area contributed by atoms with Crippen molar-refractivity contribution in [3.8, 4) is 0 Å². The van der Waals surface area contributed by atoms with Crippen LogP contribution in [0.25, 0.3) is 0 Å². The van der Waals surface area contributed by atoms with Gasteiger partial charge < -0.3 is 5.32 Å². The first-order valence-corrected chi connectivity index (χ1v) is 7.34. The first-order valence-electron chi connectivity index (χ1n) is 6.96. The van der Waals surface area contributed by atoms with Crippen molar-refractivity contribution in [2.75, 3.05) is 0 Å². The predicted octanol–water partition coefficient (Wildman–Crippen LogP) is 4.72. The third-order valence-corrected chi connectivity index (χ3v) is 4.05. The zero-order valence-corrected chi connectivity index (χ0v) is 11.9. The Labute approximate surface area is 123 Å². The number of rotatable bonds is 5. The maximum absolute atomic E-state index is 13.1. The van der Waals surface area contributed by atoms with E-state index in [-0.39, 0.29) is 10.8 Å². The van der Waals surface area contributed by atoms with Crippen LogP contribution in [0, 0.1) is 11.7 Å². The molecule has 0 amide bonds. The maximum atomic E-state index is 13.1. The Morgan fingerprint density at radius 1 is 1.15 bits per heavy atom. The average Bonchev–Trinajstić information content (AvgIpc) is 3.29. The van der Waals surface area contributed by atoms with E-state index in [9.17, 15) is 4.39 Å². The minimum absolute atomic E-state index is 0.187. The van der Waals surface area contributed by atoms with Crippen LogP contribution >= 0.6 is 11.6 Å². The molecule has 0 radical (unpaired) electrons. The Balaban J connectivity index is 1.70. The van der Waals surface area contributed by atoms with Gasteiger partial charge in [-0.3, -0.25) is 0 Å². The molecule has 0 spiro atoms. The molecule has 20 heavy (non-hydrogen) atoms. The van der Waals surface area contributed by atoms with Gasteiger partial charge in [0.1, 0.15) is 5.82 Å². The molecule has 2 aromatic rings. The van der Waals surface area contributed by atoms with Crippen LogP contribution in [-0.4, -0.2) is 0 Å². The lowest BCUT2D eigenvalue weighted by Crippen LogP contribution is -2.22. The molecule has 1 aliphatic rings. The molecule has 0 aromatic heterocycles. The van der Waals surface area contributed by atoms with Gasteiger partial charge in [0.15, 0.2) is 0 Å². The van der Waals surface area contributed by atoms with Crippen molar-refractivity contribution in [2.45, 2.75) is 25.4 Å². The smallest absolute Gasteiger partial charge is 0.141 e. The second-order valence-electron chi connectivity index (χ2n) is 5.36. The number of benzene rings is 2. The highest BCUT2D eigenvalue weighted by atomic mass is 35.5. The molecule has 0 aliphatic heterocycles. The fourth-order valence-corrected chi connectivity index (χ4v) is 2.73. The van der Waals surface area contributed by atoms with Crippen LogP contribution in [0.4, 0.5) is 4.39 Å². The zero-order chi connectivity index (χ0) is 13.9. The lowest BCUT2D eigenvalue weighted by Gasteiger charge is -2.19. The van der Waals surface area contributed by atoms with Crippen molar-refractivity contribution in [3.05, 3.63) is 70.5 Å². The molecule has 1 saturated carbocycles. The lowest BCUT2D eigenvalue weighted by atomic mass is 10.0. The van der Waals surface area contributed by atoms with Gasteiger partial charge in [-0.1, -0.05) is 48.0 Å². The number of hydrogen-bond acceptors (Lipinski definition) is 1. The van der Waals surface area contributed by atoms with Gasteiger partial charge in [0.05, 0.1) is 5.02 Å². The monoisotopic (exact) mass is 289 g/mol. The molecular formula is C17H17ClFN. The number of hydrogen-bond donors (Lipinski definition) is 1. The lowest BCUT2D eigenvalue weighted by molar-refractivity contribution is 0.480. The largest absolute Gasteiger partial charge is 0.306 e. The van der Waals surface area contributed by atoms with Crippen molar-refractivity contribution in [3.63, 3.8) is 0 Å². The molecule has 0 bridgehead atoms. The van der Waals surface area contributed by atoms with Gasteiger partial charge in [-0.2, -0.15) is 0 Å². The van der Waals surface area contributed by atoms with Crippen LogP contribution < -0.4 is 5.32 Å². The maximum Gasteiger partial charge on any atom is 0.141 e. The minimum Gasteiger partial charge on any atom is -0.306 e. The molecule has 1 N–H and O–H groups in total. The van der Waals surface area contributed by atoms with Crippen LogP contribution in [0.15, 0.2) is 48.5 Å². The summed E-state index contributed by atoms with van der Waals surface area (Å²) >= 11 is 5.82. The van der Waals surface area contributed by atoms with Crippen molar-refractivity contribution in [1.82, 2.24) is 5.32 Å². The molecule has 1 nitrogen and oxygen atoms in total. The van der Waals surface area contributed by atoms with E-state index >= 15 is 0 Å². The first-order chi connectivity index (χ1) is 9.74. The minimum atomic E-state index is -0.364. The molecule has 1 fully saturated rings. The summed E-state index contributed by atoms with van der Waals surface area (Å²) < 4.78 is 13.1. The Kier molecular flexibility index (Phi) is 4.04. The Morgan fingerprint density at radius 2 is 1.90 bits per heavy atom. The van der Waals surface area contributed by atoms with Crippen LogP contribution in [0.2, 0.25) is 5.02 Å². The van der Waals surface area contributed by atoms with Gasteiger partial charge in [0.25, 0.3) is 0 Å². The van der Waals surface area contributed by atoms with Gasteiger partial charge in [0.2, 0.25) is 0 Å². The summed E-state index contributed by atoms with van der Waals surface area (Å²) in [7, 11) is 0. The molecule has 1 unspecified atom stereocenters. The van der Waals surface area contributed by atoms with E-state index in [1.54, 1.807) is 12.1 Å². The summed E-state index contributed by atoms with van der Waals surface area (Å²) in [5.74, 6) is 0.352. The predicted molar refractivity (Wildman–Crippen MR) is 80.2 cm³/mol. The van der Waals surface area contributed by atoms with E-state index in [0.717, 1.165) is 5.56 Å². The van der Waals surface area contributed by atoms with E-state index in [2.05, 4.69) is 29.6 Å².